The molecule has 0 saturated carbocycles. The second kappa shape index (κ2) is 8.21. The molecule has 0 spiro atoms. The van der Waals surface area contributed by atoms with Gasteiger partial charge in [-0.3, -0.25) is 4.68 Å². The first kappa shape index (κ1) is 18.2. The largest absolute Gasteiger partial charge is 0.368 e. The number of piperazine rings is 1. The van der Waals surface area contributed by atoms with Gasteiger partial charge in [-0.05, 0) is 38.0 Å². The molecule has 0 atom stereocenters. The van der Waals surface area contributed by atoms with Crippen LogP contribution < -0.4 is 10.2 Å². The molecule has 1 aliphatic heterocycles. The summed E-state index contributed by atoms with van der Waals surface area (Å²) in [5, 5.41) is 7.52. The van der Waals surface area contributed by atoms with Crippen molar-refractivity contribution in [2.24, 2.45) is 12.0 Å². The molecule has 1 N–H and O–H groups in total. The summed E-state index contributed by atoms with van der Waals surface area (Å²) in [5.74, 6) is 1.82. The summed E-state index contributed by atoms with van der Waals surface area (Å²) in [6.45, 7) is 11.8. The molecular formula is C19H29N7. The predicted molar refractivity (Wildman–Crippen MR) is 106 cm³/mol. The summed E-state index contributed by atoms with van der Waals surface area (Å²) >= 11 is 0. The Hall–Kier alpha value is -2.57. The van der Waals surface area contributed by atoms with Crippen LogP contribution in [0, 0.1) is 13.8 Å². The predicted octanol–water partition coefficient (Wildman–Crippen LogP) is 1.72. The fourth-order valence-corrected chi connectivity index (χ4v) is 3.27. The lowest BCUT2D eigenvalue weighted by molar-refractivity contribution is 0.372. The molecule has 0 amide bonds. The first-order valence-electron chi connectivity index (χ1n) is 9.27. The van der Waals surface area contributed by atoms with Crippen molar-refractivity contribution in [3.8, 4) is 0 Å². The van der Waals surface area contributed by atoms with Gasteiger partial charge in [0.2, 0.25) is 0 Å². The van der Waals surface area contributed by atoms with Gasteiger partial charge in [-0.25, -0.2) is 9.98 Å². The van der Waals surface area contributed by atoms with E-state index in [9.17, 15) is 0 Å². The van der Waals surface area contributed by atoms with Crippen molar-refractivity contribution in [1.29, 1.82) is 0 Å². The van der Waals surface area contributed by atoms with Gasteiger partial charge in [0.25, 0.3) is 0 Å². The van der Waals surface area contributed by atoms with E-state index < -0.39 is 0 Å². The van der Waals surface area contributed by atoms with Crippen LogP contribution in [-0.2, 0) is 13.6 Å². The fraction of sp³-hybridized carbons (Fsp3) is 0.526. The molecule has 1 aliphatic rings. The zero-order valence-corrected chi connectivity index (χ0v) is 16.2. The molecule has 7 heteroatoms. The molecule has 1 aromatic carbocycles. The van der Waals surface area contributed by atoms with Crippen molar-refractivity contribution in [2.45, 2.75) is 27.3 Å². The zero-order valence-electron chi connectivity index (χ0n) is 16.2. The molecule has 2 heterocycles. The number of guanidine groups is 1. The second-order valence-electron chi connectivity index (χ2n) is 6.66. The molecular weight excluding hydrogens is 326 g/mol. The van der Waals surface area contributed by atoms with Crippen LogP contribution in [0.5, 0.6) is 0 Å². The highest BCUT2D eigenvalue weighted by Crippen LogP contribution is 2.23. The molecule has 1 aromatic heterocycles. The lowest BCUT2D eigenvalue weighted by atomic mass is 10.1. The molecule has 26 heavy (non-hydrogen) atoms. The molecule has 1 saturated heterocycles. The van der Waals surface area contributed by atoms with Crippen LogP contribution in [0.1, 0.15) is 23.9 Å². The minimum atomic E-state index is 0.538. The highest BCUT2D eigenvalue weighted by atomic mass is 15.4. The van der Waals surface area contributed by atoms with Gasteiger partial charge in [-0.2, -0.15) is 5.10 Å². The van der Waals surface area contributed by atoms with Crippen molar-refractivity contribution in [2.75, 3.05) is 37.6 Å². The van der Waals surface area contributed by atoms with Crippen LogP contribution >= 0.6 is 0 Å². The standard InChI is InChI=1S/C19H29N7/c1-5-20-19(21-13-18-22-14-23-24(18)4)26-11-9-25(10-12-26)17-8-6-7-15(2)16(17)3/h6-8,14H,5,9-13H2,1-4H3,(H,20,21). The topological polar surface area (TPSA) is 61.6 Å². The maximum absolute atomic E-state index is 4.76. The number of hydrogen-bond acceptors (Lipinski definition) is 4. The molecule has 7 nitrogen and oxygen atoms in total. The van der Waals surface area contributed by atoms with E-state index >= 15 is 0 Å². The molecule has 2 aromatic rings. The summed E-state index contributed by atoms with van der Waals surface area (Å²) in [6.07, 6.45) is 1.57. The van der Waals surface area contributed by atoms with Crippen LogP contribution in [0.2, 0.25) is 0 Å². The Morgan fingerprint density at radius 3 is 2.62 bits per heavy atom. The van der Waals surface area contributed by atoms with Gasteiger partial charge in [0.15, 0.2) is 5.96 Å². The quantitative estimate of drug-likeness (QED) is 0.668. The summed E-state index contributed by atoms with van der Waals surface area (Å²) < 4.78 is 1.77. The fourth-order valence-electron chi connectivity index (χ4n) is 3.27. The average molecular weight is 355 g/mol. The minimum Gasteiger partial charge on any atom is -0.368 e. The summed E-state index contributed by atoms with van der Waals surface area (Å²) in [7, 11) is 1.90. The molecule has 0 radical (unpaired) electrons. The number of benzene rings is 1. The summed E-state index contributed by atoms with van der Waals surface area (Å²) in [6, 6.07) is 6.55. The van der Waals surface area contributed by atoms with Crippen LogP contribution in [0.3, 0.4) is 0 Å². The number of anilines is 1. The van der Waals surface area contributed by atoms with E-state index in [0.29, 0.717) is 6.54 Å². The van der Waals surface area contributed by atoms with Crippen molar-refractivity contribution < 1.29 is 0 Å². The van der Waals surface area contributed by atoms with Crippen LogP contribution in [0.25, 0.3) is 0 Å². The van der Waals surface area contributed by atoms with Gasteiger partial charge >= 0.3 is 0 Å². The van der Waals surface area contributed by atoms with E-state index in [1.165, 1.54) is 16.8 Å². The number of aromatic nitrogens is 3. The summed E-state index contributed by atoms with van der Waals surface area (Å²) in [5.41, 5.74) is 4.08. The lowest BCUT2D eigenvalue weighted by Gasteiger charge is -2.38. The third-order valence-corrected chi connectivity index (χ3v) is 5.01. The van der Waals surface area contributed by atoms with E-state index in [1.54, 1.807) is 11.0 Å². The number of nitrogens with one attached hydrogen (secondary N) is 1. The highest BCUT2D eigenvalue weighted by molar-refractivity contribution is 5.80. The first-order valence-corrected chi connectivity index (χ1v) is 9.27. The first-order chi connectivity index (χ1) is 12.6. The van der Waals surface area contributed by atoms with E-state index in [2.05, 4.69) is 64.2 Å². The number of rotatable bonds is 4. The molecule has 0 aliphatic carbocycles. The highest BCUT2D eigenvalue weighted by Gasteiger charge is 2.21. The van der Waals surface area contributed by atoms with Crippen molar-refractivity contribution in [3.05, 3.63) is 41.5 Å². The van der Waals surface area contributed by atoms with Crippen LogP contribution in [0.15, 0.2) is 29.5 Å². The number of aryl methyl sites for hydroxylation is 2. The van der Waals surface area contributed by atoms with Crippen molar-refractivity contribution >= 4 is 11.6 Å². The number of nitrogens with zero attached hydrogens (tertiary/aromatic N) is 6. The Labute approximate surface area is 155 Å². The SMILES string of the molecule is CCNC(=NCc1ncnn1C)N1CCN(c2cccc(C)c2C)CC1. The van der Waals surface area contributed by atoms with E-state index in [4.69, 9.17) is 4.99 Å². The molecule has 3 rings (SSSR count). The zero-order chi connectivity index (χ0) is 18.5. The molecule has 0 unspecified atom stereocenters. The number of aliphatic imine (C=N–C) groups is 1. The minimum absolute atomic E-state index is 0.538. The Bertz CT molecular complexity index is 757. The van der Waals surface area contributed by atoms with Gasteiger partial charge in [0, 0.05) is 45.5 Å². The molecule has 140 valence electrons. The normalized spacial score (nSPS) is 15.5. The Kier molecular flexibility index (Phi) is 5.75. The van der Waals surface area contributed by atoms with Gasteiger partial charge in [-0.15, -0.1) is 0 Å². The average Bonchev–Trinajstić information content (AvgIpc) is 3.06. The number of hydrogen-bond donors (Lipinski definition) is 1. The maximum Gasteiger partial charge on any atom is 0.194 e. The maximum atomic E-state index is 4.76. The Morgan fingerprint density at radius 2 is 1.96 bits per heavy atom. The monoisotopic (exact) mass is 355 g/mol. The van der Waals surface area contributed by atoms with Crippen LogP contribution in [0.4, 0.5) is 5.69 Å². The van der Waals surface area contributed by atoms with Crippen molar-refractivity contribution in [3.63, 3.8) is 0 Å². The van der Waals surface area contributed by atoms with Crippen LogP contribution in [-0.4, -0.2) is 58.3 Å². The second-order valence-corrected chi connectivity index (χ2v) is 6.66. The van der Waals surface area contributed by atoms with Gasteiger partial charge < -0.3 is 15.1 Å². The Balaban J connectivity index is 1.66. The van der Waals surface area contributed by atoms with E-state index in [0.717, 1.165) is 44.5 Å². The lowest BCUT2D eigenvalue weighted by Crippen LogP contribution is -2.52. The van der Waals surface area contributed by atoms with E-state index in [1.807, 2.05) is 7.05 Å². The van der Waals surface area contributed by atoms with Crippen molar-refractivity contribution in [1.82, 2.24) is 25.0 Å². The van der Waals surface area contributed by atoms with Gasteiger partial charge in [-0.1, -0.05) is 12.1 Å². The molecule has 0 bridgehead atoms. The Morgan fingerprint density at radius 1 is 1.19 bits per heavy atom. The third-order valence-electron chi connectivity index (χ3n) is 5.01. The van der Waals surface area contributed by atoms with E-state index in [-0.39, 0.29) is 0 Å². The molecule has 1 fully saturated rings. The van der Waals surface area contributed by atoms with Gasteiger partial charge in [0.1, 0.15) is 18.7 Å². The summed E-state index contributed by atoms with van der Waals surface area (Å²) in [4.78, 5) is 13.8. The smallest absolute Gasteiger partial charge is 0.194 e. The third kappa shape index (κ3) is 3.98. The van der Waals surface area contributed by atoms with Gasteiger partial charge in [0.05, 0.1) is 0 Å².